The van der Waals surface area contributed by atoms with Crippen molar-refractivity contribution in [1.29, 1.82) is 0 Å². The number of halogens is 1. The number of rotatable bonds is 5. The molecule has 7 heteroatoms. The van der Waals surface area contributed by atoms with E-state index in [1.54, 1.807) is 18.3 Å². The van der Waals surface area contributed by atoms with Crippen LogP contribution in [0.5, 0.6) is 0 Å². The smallest absolute Gasteiger partial charge is 0.269 e. The minimum atomic E-state index is -0.234. The first-order valence-corrected chi connectivity index (χ1v) is 8.13. The summed E-state index contributed by atoms with van der Waals surface area (Å²) in [6.07, 6.45) is 1.75. The summed E-state index contributed by atoms with van der Waals surface area (Å²) in [5.74, 6) is 0.635. The molecule has 0 unspecified atom stereocenters. The van der Waals surface area contributed by atoms with Crippen LogP contribution in [-0.2, 0) is 6.54 Å². The van der Waals surface area contributed by atoms with Gasteiger partial charge in [0.05, 0.1) is 10.7 Å². The molecule has 1 amide bonds. The summed E-state index contributed by atoms with van der Waals surface area (Å²) in [5.41, 5.74) is 2.72. The average Bonchev–Trinajstić information content (AvgIpc) is 3.10. The number of anilines is 1. The van der Waals surface area contributed by atoms with Crippen LogP contribution in [0.4, 0.5) is 5.82 Å². The van der Waals surface area contributed by atoms with Crippen molar-refractivity contribution in [2.75, 3.05) is 19.0 Å². The SMILES string of the molecule is CN(C)c1ccc(CNC(=O)c2cc(-c3ccccc3Cl)n[nH]2)cn1. The zero-order chi connectivity index (χ0) is 17.8. The number of carbonyl (C=O) groups is 1. The van der Waals surface area contributed by atoms with Crippen molar-refractivity contribution < 1.29 is 4.79 Å². The Balaban J connectivity index is 1.65. The summed E-state index contributed by atoms with van der Waals surface area (Å²) < 4.78 is 0. The third-order valence-electron chi connectivity index (χ3n) is 3.69. The Morgan fingerprint density at radius 3 is 2.72 bits per heavy atom. The van der Waals surface area contributed by atoms with E-state index in [1.807, 2.05) is 49.3 Å². The van der Waals surface area contributed by atoms with Gasteiger partial charge in [-0.15, -0.1) is 0 Å². The van der Waals surface area contributed by atoms with Crippen LogP contribution >= 0.6 is 11.6 Å². The van der Waals surface area contributed by atoms with E-state index in [1.165, 1.54) is 0 Å². The van der Waals surface area contributed by atoms with Crippen LogP contribution in [0.15, 0.2) is 48.7 Å². The molecular formula is C18H18ClN5O. The van der Waals surface area contributed by atoms with E-state index < -0.39 is 0 Å². The first-order valence-electron chi connectivity index (χ1n) is 7.75. The maximum Gasteiger partial charge on any atom is 0.269 e. The van der Waals surface area contributed by atoms with Crippen LogP contribution in [0.3, 0.4) is 0 Å². The number of nitrogens with zero attached hydrogens (tertiary/aromatic N) is 3. The van der Waals surface area contributed by atoms with Gasteiger partial charge in [0.25, 0.3) is 5.91 Å². The maximum absolute atomic E-state index is 12.3. The van der Waals surface area contributed by atoms with Crippen molar-refractivity contribution in [2.24, 2.45) is 0 Å². The second-order valence-electron chi connectivity index (χ2n) is 5.75. The van der Waals surface area contributed by atoms with Gasteiger partial charge in [-0.3, -0.25) is 9.89 Å². The van der Waals surface area contributed by atoms with Crippen molar-refractivity contribution in [3.05, 3.63) is 64.9 Å². The molecule has 6 nitrogen and oxygen atoms in total. The monoisotopic (exact) mass is 355 g/mol. The second kappa shape index (κ2) is 7.36. The number of aromatic amines is 1. The number of benzene rings is 1. The Morgan fingerprint density at radius 2 is 2.04 bits per heavy atom. The standard InChI is InChI=1S/C18H18ClN5O/c1-24(2)17-8-7-12(10-20-17)11-21-18(25)16-9-15(22-23-16)13-5-3-4-6-14(13)19/h3-10H,11H2,1-2H3,(H,21,25)(H,22,23). The van der Waals surface area contributed by atoms with Gasteiger partial charge in [0.2, 0.25) is 0 Å². The lowest BCUT2D eigenvalue weighted by molar-refractivity contribution is 0.0946. The van der Waals surface area contributed by atoms with Gasteiger partial charge in [-0.05, 0) is 23.8 Å². The number of carbonyl (C=O) groups excluding carboxylic acids is 1. The molecule has 0 spiro atoms. The topological polar surface area (TPSA) is 73.9 Å². The predicted octanol–water partition coefficient (Wildman–Crippen LogP) is 3.12. The summed E-state index contributed by atoms with van der Waals surface area (Å²) in [6, 6.07) is 12.9. The van der Waals surface area contributed by atoms with Gasteiger partial charge in [-0.1, -0.05) is 35.9 Å². The summed E-state index contributed by atoms with van der Waals surface area (Å²) in [6.45, 7) is 0.389. The van der Waals surface area contributed by atoms with Gasteiger partial charge in [-0.2, -0.15) is 5.10 Å². The van der Waals surface area contributed by atoms with Crippen molar-refractivity contribution in [2.45, 2.75) is 6.54 Å². The fraction of sp³-hybridized carbons (Fsp3) is 0.167. The second-order valence-corrected chi connectivity index (χ2v) is 6.16. The highest BCUT2D eigenvalue weighted by Gasteiger charge is 2.12. The molecular weight excluding hydrogens is 338 g/mol. The number of hydrogen-bond donors (Lipinski definition) is 2. The molecule has 128 valence electrons. The van der Waals surface area contributed by atoms with Crippen LogP contribution in [0.25, 0.3) is 11.3 Å². The summed E-state index contributed by atoms with van der Waals surface area (Å²) in [4.78, 5) is 18.5. The molecule has 0 radical (unpaired) electrons. The molecule has 0 aliphatic rings. The van der Waals surface area contributed by atoms with Gasteiger partial charge >= 0.3 is 0 Å². The first-order chi connectivity index (χ1) is 12.0. The maximum atomic E-state index is 12.3. The molecule has 0 aliphatic heterocycles. The van der Waals surface area contributed by atoms with Crippen LogP contribution in [0.2, 0.25) is 5.02 Å². The minimum absolute atomic E-state index is 0.234. The largest absolute Gasteiger partial charge is 0.363 e. The van der Waals surface area contributed by atoms with E-state index in [2.05, 4.69) is 20.5 Å². The molecule has 2 heterocycles. The van der Waals surface area contributed by atoms with Crippen LogP contribution in [0, 0.1) is 0 Å². The van der Waals surface area contributed by atoms with Crippen LogP contribution < -0.4 is 10.2 Å². The lowest BCUT2D eigenvalue weighted by atomic mass is 10.1. The quantitative estimate of drug-likeness (QED) is 0.737. The van der Waals surface area contributed by atoms with E-state index in [9.17, 15) is 4.79 Å². The molecule has 0 bridgehead atoms. The Kier molecular flexibility index (Phi) is 5.00. The highest BCUT2D eigenvalue weighted by Crippen LogP contribution is 2.26. The number of aromatic nitrogens is 3. The van der Waals surface area contributed by atoms with E-state index >= 15 is 0 Å². The van der Waals surface area contributed by atoms with Gasteiger partial charge in [-0.25, -0.2) is 4.98 Å². The lowest BCUT2D eigenvalue weighted by Crippen LogP contribution is -2.23. The Morgan fingerprint density at radius 1 is 1.24 bits per heavy atom. The molecule has 1 aromatic carbocycles. The lowest BCUT2D eigenvalue weighted by Gasteiger charge is -2.11. The van der Waals surface area contributed by atoms with Gasteiger partial charge in [0.15, 0.2) is 0 Å². The van der Waals surface area contributed by atoms with Crippen molar-refractivity contribution in [1.82, 2.24) is 20.5 Å². The number of H-pyrrole nitrogens is 1. The molecule has 2 aromatic heterocycles. The molecule has 3 aromatic rings. The van der Waals surface area contributed by atoms with Gasteiger partial charge in [0, 0.05) is 32.4 Å². The number of pyridine rings is 1. The highest BCUT2D eigenvalue weighted by atomic mass is 35.5. The van der Waals surface area contributed by atoms with Crippen LogP contribution in [0.1, 0.15) is 16.1 Å². The molecule has 3 rings (SSSR count). The number of amides is 1. The molecule has 0 aliphatic carbocycles. The fourth-order valence-corrected chi connectivity index (χ4v) is 2.54. The Hall–Kier alpha value is -2.86. The highest BCUT2D eigenvalue weighted by molar-refractivity contribution is 6.33. The molecule has 2 N–H and O–H groups in total. The zero-order valence-electron chi connectivity index (χ0n) is 14.0. The summed E-state index contributed by atoms with van der Waals surface area (Å²) in [7, 11) is 3.86. The fourth-order valence-electron chi connectivity index (χ4n) is 2.31. The van der Waals surface area contributed by atoms with Crippen LogP contribution in [-0.4, -0.2) is 35.2 Å². The molecule has 0 saturated carbocycles. The summed E-state index contributed by atoms with van der Waals surface area (Å²) >= 11 is 6.16. The average molecular weight is 356 g/mol. The van der Waals surface area contributed by atoms with E-state index in [0.29, 0.717) is 23.0 Å². The van der Waals surface area contributed by atoms with E-state index in [0.717, 1.165) is 16.9 Å². The van der Waals surface area contributed by atoms with Gasteiger partial charge < -0.3 is 10.2 Å². The molecule has 0 atom stereocenters. The van der Waals surface area contributed by atoms with Crippen molar-refractivity contribution >= 4 is 23.3 Å². The zero-order valence-corrected chi connectivity index (χ0v) is 14.7. The molecule has 0 fully saturated rings. The molecule has 25 heavy (non-hydrogen) atoms. The number of hydrogen-bond acceptors (Lipinski definition) is 4. The summed E-state index contributed by atoms with van der Waals surface area (Å²) in [5, 5.41) is 10.4. The third kappa shape index (κ3) is 3.97. The number of nitrogens with one attached hydrogen (secondary N) is 2. The van der Waals surface area contributed by atoms with Crippen molar-refractivity contribution in [3.8, 4) is 11.3 Å². The van der Waals surface area contributed by atoms with E-state index in [-0.39, 0.29) is 5.91 Å². The first kappa shape index (κ1) is 17.0. The Bertz CT molecular complexity index is 873. The minimum Gasteiger partial charge on any atom is -0.363 e. The normalized spacial score (nSPS) is 10.5. The van der Waals surface area contributed by atoms with Crippen molar-refractivity contribution in [3.63, 3.8) is 0 Å². The van der Waals surface area contributed by atoms with E-state index in [4.69, 9.17) is 11.6 Å². The predicted molar refractivity (Wildman–Crippen MR) is 98.8 cm³/mol. The molecule has 0 saturated heterocycles. The van der Waals surface area contributed by atoms with Gasteiger partial charge in [0.1, 0.15) is 11.5 Å². The third-order valence-corrected chi connectivity index (χ3v) is 4.02. The Labute approximate surface area is 150 Å².